The van der Waals surface area contributed by atoms with Crippen LogP contribution in [0.3, 0.4) is 0 Å². The molecule has 1 aromatic heterocycles. The fraction of sp³-hybridized carbons (Fsp3) is 0.214. The van der Waals surface area contributed by atoms with Crippen molar-refractivity contribution in [2.45, 2.75) is 13.5 Å². The van der Waals surface area contributed by atoms with Crippen molar-refractivity contribution in [3.63, 3.8) is 0 Å². The average Bonchev–Trinajstić information content (AvgIpc) is 2.69. The van der Waals surface area contributed by atoms with E-state index >= 15 is 0 Å². The van der Waals surface area contributed by atoms with Gasteiger partial charge in [-0.15, -0.1) is 0 Å². The Balaban J connectivity index is 2.01. The number of carbonyl (C=O) groups is 1. The molecule has 88 valence electrons. The molecule has 0 N–H and O–H groups in total. The summed E-state index contributed by atoms with van der Waals surface area (Å²) < 4.78 is 7.08. The summed E-state index contributed by atoms with van der Waals surface area (Å²) in [5, 5.41) is 0. The first-order valence-corrected chi connectivity index (χ1v) is 5.52. The minimum atomic E-state index is -0.288. The van der Waals surface area contributed by atoms with E-state index in [1.54, 1.807) is 6.07 Å². The van der Waals surface area contributed by atoms with Crippen LogP contribution in [0, 0.1) is 6.92 Å². The van der Waals surface area contributed by atoms with Crippen molar-refractivity contribution in [2.75, 3.05) is 0 Å². The third-order valence-corrected chi connectivity index (χ3v) is 2.79. The zero-order chi connectivity index (χ0) is 12.3. The van der Waals surface area contributed by atoms with Crippen molar-refractivity contribution < 1.29 is 9.53 Å². The van der Waals surface area contributed by atoms with E-state index in [1.807, 2.05) is 54.9 Å². The third-order valence-electron chi connectivity index (χ3n) is 2.79. The Labute approximate surface area is 101 Å². The molecule has 0 aliphatic carbocycles. The Bertz CT molecular complexity index is 514. The highest BCUT2D eigenvalue weighted by Gasteiger charge is 2.11. The lowest BCUT2D eigenvalue weighted by Gasteiger charge is -2.06. The maximum Gasteiger partial charge on any atom is 0.355 e. The molecule has 0 saturated carbocycles. The van der Waals surface area contributed by atoms with Gasteiger partial charge >= 0.3 is 5.97 Å². The first-order valence-electron chi connectivity index (χ1n) is 5.52. The molecule has 0 atom stereocenters. The van der Waals surface area contributed by atoms with Gasteiger partial charge in [-0.05, 0) is 24.6 Å². The van der Waals surface area contributed by atoms with Crippen molar-refractivity contribution >= 4 is 5.97 Å². The molecule has 0 unspecified atom stereocenters. The Morgan fingerprint density at radius 2 is 1.88 bits per heavy atom. The van der Waals surface area contributed by atoms with Crippen LogP contribution < -0.4 is 0 Å². The Morgan fingerprint density at radius 3 is 2.47 bits per heavy atom. The fourth-order valence-electron chi connectivity index (χ4n) is 1.62. The van der Waals surface area contributed by atoms with Crippen LogP contribution in [-0.4, -0.2) is 10.5 Å². The van der Waals surface area contributed by atoms with E-state index in [0.717, 1.165) is 11.3 Å². The zero-order valence-corrected chi connectivity index (χ0v) is 10.0. The number of hydrogen-bond acceptors (Lipinski definition) is 2. The van der Waals surface area contributed by atoms with Gasteiger partial charge in [-0.25, -0.2) is 4.79 Å². The number of ether oxygens (including phenoxy) is 1. The maximum atomic E-state index is 11.8. The maximum absolute atomic E-state index is 11.8. The molecular formula is C14H15NO2. The van der Waals surface area contributed by atoms with Crippen LogP contribution in [0.15, 0.2) is 42.5 Å². The molecular weight excluding hydrogens is 214 g/mol. The molecule has 0 bridgehead atoms. The monoisotopic (exact) mass is 229 g/mol. The SMILES string of the molecule is Cc1ccc(C(=O)OCc2ccccc2)n1C. The summed E-state index contributed by atoms with van der Waals surface area (Å²) in [6.45, 7) is 2.26. The molecule has 0 radical (unpaired) electrons. The number of hydrogen-bond donors (Lipinski definition) is 0. The number of rotatable bonds is 3. The first-order chi connectivity index (χ1) is 8.18. The van der Waals surface area contributed by atoms with Gasteiger partial charge in [0.25, 0.3) is 0 Å². The summed E-state index contributed by atoms with van der Waals surface area (Å²) in [4.78, 5) is 11.8. The summed E-state index contributed by atoms with van der Waals surface area (Å²) in [5.74, 6) is -0.288. The molecule has 0 saturated heterocycles. The van der Waals surface area contributed by atoms with E-state index in [9.17, 15) is 4.79 Å². The van der Waals surface area contributed by atoms with E-state index in [0.29, 0.717) is 12.3 Å². The summed E-state index contributed by atoms with van der Waals surface area (Å²) in [6.07, 6.45) is 0. The summed E-state index contributed by atoms with van der Waals surface area (Å²) in [6, 6.07) is 13.3. The Hall–Kier alpha value is -2.03. The first kappa shape index (κ1) is 11.5. The fourth-order valence-corrected chi connectivity index (χ4v) is 1.62. The highest BCUT2D eigenvalue weighted by Crippen LogP contribution is 2.09. The normalized spacial score (nSPS) is 10.2. The molecule has 0 amide bonds. The van der Waals surface area contributed by atoms with Crippen molar-refractivity contribution in [2.24, 2.45) is 7.05 Å². The van der Waals surface area contributed by atoms with Gasteiger partial charge in [0.05, 0.1) is 0 Å². The second-order valence-electron chi connectivity index (χ2n) is 3.98. The van der Waals surface area contributed by atoms with Gasteiger partial charge < -0.3 is 9.30 Å². The van der Waals surface area contributed by atoms with Crippen LogP contribution in [-0.2, 0) is 18.4 Å². The second kappa shape index (κ2) is 4.87. The van der Waals surface area contributed by atoms with Gasteiger partial charge in [-0.1, -0.05) is 30.3 Å². The number of benzene rings is 1. The smallest absolute Gasteiger partial charge is 0.355 e. The second-order valence-corrected chi connectivity index (χ2v) is 3.98. The molecule has 0 spiro atoms. The van der Waals surface area contributed by atoms with Crippen molar-refractivity contribution in [3.8, 4) is 0 Å². The van der Waals surface area contributed by atoms with E-state index in [2.05, 4.69) is 0 Å². The lowest BCUT2D eigenvalue weighted by atomic mass is 10.2. The predicted molar refractivity (Wildman–Crippen MR) is 65.7 cm³/mol. The largest absolute Gasteiger partial charge is 0.456 e. The quantitative estimate of drug-likeness (QED) is 0.758. The standard InChI is InChI=1S/C14H15NO2/c1-11-8-9-13(15(11)2)14(16)17-10-12-6-4-3-5-7-12/h3-9H,10H2,1-2H3. The molecule has 17 heavy (non-hydrogen) atoms. The minimum Gasteiger partial charge on any atom is -0.456 e. The molecule has 1 heterocycles. The molecule has 1 aromatic carbocycles. The Kier molecular flexibility index (Phi) is 3.28. The van der Waals surface area contributed by atoms with Crippen LogP contribution in [0.2, 0.25) is 0 Å². The number of nitrogens with zero attached hydrogens (tertiary/aromatic N) is 1. The number of esters is 1. The molecule has 0 aliphatic rings. The van der Waals surface area contributed by atoms with Gasteiger partial charge in [0.1, 0.15) is 12.3 Å². The minimum absolute atomic E-state index is 0.288. The van der Waals surface area contributed by atoms with Gasteiger partial charge in [0.2, 0.25) is 0 Å². The summed E-state index contributed by atoms with van der Waals surface area (Å²) >= 11 is 0. The predicted octanol–water partition coefficient (Wildman–Crippen LogP) is 2.69. The average molecular weight is 229 g/mol. The molecule has 3 heteroatoms. The highest BCUT2D eigenvalue weighted by atomic mass is 16.5. The third kappa shape index (κ3) is 2.56. The van der Waals surface area contributed by atoms with Gasteiger partial charge in [0, 0.05) is 12.7 Å². The van der Waals surface area contributed by atoms with Crippen molar-refractivity contribution in [1.82, 2.24) is 4.57 Å². The topological polar surface area (TPSA) is 31.2 Å². The van der Waals surface area contributed by atoms with E-state index in [1.165, 1.54) is 0 Å². The number of aryl methyl sites for hydroxylation is 1. The van der Waals surface area contributed by atoms with E-state index in [-0.39, 0.29) is 5.97 Å². The van der Waals surface area contributed by atoms with Crippen LogP contribution >= 0.6 is 0 Å². The lowest BCUT2D eigenvalue weighted by Crippen LogP contribution is -2.10. The number of aromatic nitrogens is 1. The zero-order valence-electron chi connectivity index (χ0n) is 10.0. The summed E-state index contributed by atoms with van der Waals surface area (Å²) in [5.41, 5.74) is 2.61. The lowest BCUT2D eigenvalue weighted by molar-refractivity contribution is 0.0461. The summed E-state index contributed by atoms with van der Waals surface area (Å²) in [7, 11) is 1.86. The molecule has 0 fully saturated rings. The van der Waals surface area contributed by atoms with Gasteiger partial charge in [-0.2, -0.15) is 0 Å². The van der Waals surface area contributed by atoms with E-state index < -0.39 is 0 Å². The molecule has 0 aliphatic heterocycles. The Morgan fingerprint density at radius 1 is 1.18 bits per heavy atom. The van der Waals surface area contributed by atoms with Crippen molar-refractivity contribution in [1.29, 1.82) is 0 Å². The van der Waals surface area contributed by atoms with Gasteiger partial charge in [0.15, 0.2) is 0 Å². The molecule has 3 nitrogen and oxygen atoms in total. The number of carbonyl (C=O) groups excluding carboxylic acids is 1. The van der Waals surface area contributed by atoms with Crippen molar-refractivity contribution in [3.05, 3.63) is 59.4 Å². The van der Waals surface area contributed by atoms with Crippen LogP contribution in [0.4, 0.5) is 0 Å². The molecule has 2 rings (SSSR count). The van der Waals surface area contributed by atoms with E-state index in [4.69, 9.17) is 4.74 Å². The van der Waals surface area contributed by atoms with Crippen LogP contribution in [0.5, 0.6) is 0 Å². The highest BCUT2D eigenvalue weighted by molar-refractivity contribution is 5.87. The molecule has 2 aromatic rings. The van der Waals surface area contributed by atoms with Crippen LogP contribution in [0.25, 0.3) is 0 Å². The van der Waals surface area contributed by atoms with Gasteiger partial charge in [-0.3, -0.25) is 0 Å². The van der Waals surface area contributed by atoms with Crippen LogP contribution in [0.1, 0.15) is 21.7 Å².